The van der Waals surface area contributed by atoms with Crippen molar-refractivity contribution in [3.05, 3.63) is 54.1 Å². The predicted molar refractivity (Wildman–Crippen MR) is 110 cm³/mol. The van der Waals surface area contributed by atoms with Gasteiger partial charge in [-0.05, 0) is 56.2 Å². The maximum atomic E-state index is 12.3. The molecule has 2 aromatic carbocycles. The van der Waals surface area contributed by atoms with Crippen molar-refractivity contribution in [1.82, 2.24) is 0 Å². The van der Waals surface area contributed by atoms with Crippen molar-refractivity contribution in [1.29, 1.82) is 0 Å². The quantitative estimate of drug-likeness (QED) is 0.668. The molecule has 0 aliphatic rings. The lowest BCUT2D eigenvalue weighted by molar-refractivity contribution is -0.122. The van der Waals surface area contributed by atoms with Crippen LogP contribution in [0.25, 0.3) is 0 Å². The van der Waals surface area contributed by atoms with Gasteiger partial charge in [0.15, 0.2) is 11.9 Å². The smallest absolute Gasteiger partial charge is 0.265 e. The molecule has 148 valence electrons. The highest BCUT2D eigenvalue weighted by atomic mass is 16.5. The Balaban J connectivity index is 1.92. The summed E-state index contributed by atoms with van der Waals surface area (Å²) < 4.78 is 5.63. The molecule has 2 amide bonds. The molecule has 6 nitrogen and oxygen atoms in total. The van der Waals surface area contributed by atoms with Crippen molar-refractivity contribution in [3.63, 3.8) is 0 Å². The largest absolute Gasteiger partial charge is 0.481 e. The lowest BCUT2D eigenvalue weighted by atomic mass is 10.1. The summed E-state index contributed by atoms with van der Waals surface area (Å²) in [5.74, 6) is 0.323. The number of hydrogen-bond donors (Lipinski definition) is 2. The Morgan fingerprint density at radius 2 is 1.54 bits per heavy atom. The molecular weight excluding hydrogens is 356 g/mol. The fourth-order valence-corrected chi connectivity index (χ4v) is 2.51. The molecule has 2 N–H and O–H groups in total. The number of ether oxygens (including phenoxy) is 1. The van der Waals surface area contributed by atoms with E-state index in [0.717, 1.165) is 0 Å². The number of anilines is 2. The standard InChI is InChI=1S/C22H26N2O4/c1-14(2)12-21(26)23-18-8-10-19(11-9-18)24-22(27)16(4)28-20-7-5-6-17(13-20)15(3)25/h5-11,13-14,16H,12H2,1-4H3,(H,23,26)(H,24,27). The molecule has 2 aromatic rings. The second-order valence-electron chi connectivity index (χ2n) is 7.06. The molecule has 2 rings (SSSR count). The van der Waals surface area contributed by atoms with Gasteiger partial charge in [-0.15, -0.1) is 0 Å². The van der Waals surface area contributed by atoms with E-state index >= 15 is 0 Å². The zero-order chi connectivity index (χ0) is 20.7. The minimum atomic E-state index is -0.743. The van der Waals surface area contributed by atoms with Crippen molar-refractivity contribution in [3.8, 4) is 5.75 Å². The Bertz CT molecular complexity index is 844. The normalized spacial score (nSPS) is 11.6. The van der Waals surface area contributed by atoms with E-state index in [-0.39, 0.29) is 23.5 Å². The Morgan fingerprint density at radius 3 is 2.11 bits per heavy atom. The fraction of sp³-hybridized carbons (Fsp3) is 0.318. The third-order valence-corrected chi connectivity index (χ3v) is 3.95. The molecule has 0 aromatic heterocycles. The first-order valence-electron chi connectivity index (χ1n) is 9.23. The van der Waals surface area contributed by atoms with Crippen LogP contribution in [-0.2, 0) is 9.59 Å². The molecule has 6 heteroatoms. The lowest BCUT2D eigenvalue weighted by Crippen LogP contribution is -2.30. The van der Waals surface area contributed by atoms with E-state index in [0.29, 0.717) is 29.1 Å². The van der Waals surface area contributed by atoms with Crippen LogP contribution in [0.4, 0.5) is 11.4 Å². The summed E-state index contributed by atoms with van der Waals surface area (Å²) in [7, 11) is 0. The molecular formula is C22H26N2O4. The molecule has 0 aliphatic carbocycles. The first-order chi connectivity index (χ1) is 13.2. The van der Waals surface area contributed by atoms with E-state index < -0.39 is 6.10 Å². The summed E-state index contributed by atoms with van der Waals surface area (Å²) in [4.78, 5) is 35.6. The van der Waals surface area contributed by atoms with Crippen molar-refractivity contribution >= 4 is 29.0 Å². The van der Waals surface area contributed by atoms with Crippen LogP contribution >= 0.6 is 0 Å². The van der Waals surface area contributed by atoms with Crippen LogP contribution in [0.5, 0.6) is 5.75 Å². The van der Waals surface area contributed by atoms with Crippen molar-refractivity contribution in [2.45, 2.75) is 40.2 Å². The predicted octanol–water partition coefficient (Wildman–Crippen LogP) is 4.28. The molecule has 1 atom stereocenters. The maximum absolute atomic E-state index is 12.3. The van der Waals surface area contributed by atoms with Gasteiger partial charge in [-0.2, -0.15) is 0 Å². The van der Waals surface area contributed by atoms with Gasteiger partial charge in [0, 0.05) is 23.4 Å². The van der Waals surface area contributed by atoms with Gasteiger partial charge in [0.1, 0.15) is 5.75 Å². The minimum Gasteiger partial charge on any atom is -0.481 e. The topological polar surface area (TPSA) is 84.5 Å². The van der Waals surface area contributed by atoms with Crippen LogP contribution in [0.1, 0.15) is 44.5 Å². The monoisotopic (exact) mass is 382 g/mol. The number of ketones is 1. The molecule has 0 spiro atoms. The highest BCUT2D eigenvalue weighted by Crippen LogP contribution is 2.18. The molecule has 1 unspecified atom stereocenters. The van der Waals surface area contributed by atoms with E-state index in [9.17, 15) is 14.4 Å². The molecule has 0 aliphatic heterocycles. The van der Waals surface area contributed by atoms with Gasteiger partial charge < -0.3 is 15.4 Å². The number of rotatable bonds is 8. The third kappa shape index (κ3) is 6.54. The Kier molecular flexibility index (Phi) is 7.32. The SMILES string of the molecule is CC(=O)c1cccc(OC(C)C(=O)Nc2ccc(NC(=O)CC(C)C)cc2)c1. The third-order valence-electron chi connectivity index (χ3n) is 3.95. The van der Waals surface area contributed by atoms with Crippen LogP contribution in [0.15, 0.2) is 48.5 Å². The summed E-state index contributed by atoms with van der Waals surface area (Å²) in [6.07, 6.45) is -0.286. The minimum absolute atomic E-state index is 0.0402. The lowest BCUT2D eigenvalue weighted by Gasteiger charge is -2.15. The Hall–Kier alpha value is -3.15. The van der Waals surface area contributed by atoms with Gasteiger partial charge in [-0.1, -0.05) is 26.0 Å². The second kappa shape index (κ2) is 9.69. The number of benzene rings is 2. The highest BCUT2D eigenvalue weighted by Gasteiger charge is 2.15. The van der Waals surface area contributed by atoms with E-state index in [1.165, 1.54) is 6.92 Å². The van der Waals surface area contributed by atoms with Gasteiger partial charge in [-0.3, -0.25) is 14.4 Å². The Morgan fingerprint density at radius 1 is 0.929 bits per heavy atom. The molecule has 0 saturated heterocycles. The van der Waals surface area contributed by atoms with Crippen LogP contribution in [0, 0.1) is 5.92 Å². The average molecular weight is 382 g/mol. The molecule has 0 radical (unpaired) electrons. The molecule has 0 bridgehead atoms. The summed E-state index contributed by atoms with van der Waals surface area (Å²) in [5.41, 5.74) is 1.80. The first kappa shape index (κ1) is 21.2. The van der Waals surface area contributed by atoms with Crippen LogP contribution < -0.4 is 15.4 Å². The summed E-state index contributed by atoms with van der Waals surface area (Å²) in [6.45, 7) is 7.08. The van der Waals surface area contributed by atoms with Crippen LogP contribution in [-0.4, -0.2) is 23.7 Å². The number of nitrogens with one attached hydrogen (secondary N) is 2. The summed E-state index contributed by atoms with van der Waals surface area (Å²) >= 11 is 0. The van der Waals surface area contributed by atoms with Crippen LogP contribution in [0.2, 0.25) is 0 Å². The second-order valence-corrected chi connectivity index (χ2v) is 7.06. The highest BCUT2D eigenvalue weighted by molar-refractivity contribution is 5.96. The van der Waals surface area contributed by atoms with Gasteiger partial charge in [0.2, 0.25) is 5.91 Å². The fourth-order valence-electron chi connectivity index (χ4n) is 2.51. The van der Waals surface area contributed by atoms with Gasteiger partial charge in [0.25, 0.3) is 5.91 Å². The van der Waals surface area contributed by atoms with Crippen molar-refractivity contribution < 1.29 is 19.1 Å². The van der Waals surface area contributed by atoms with E-state index in [4.69, 9.17) is 4.74 Å². The van der Waals surface area contributed by atoms with Gasteiger partial charge >= 0.3 is 0 Å². The summed E-state index contributed by atoms with van der Waals surface area (Å²) in [6, 6.07) is 13.6. The van der Waals surface area contributed by atoms with Crippen LogP contribution in [0.3, 0.4) is 0 Å². The summed E-state index contributed by atoms with van der Waals surface area (Å²) in [5, 5.41) is 5.59. The van der Waals surface area contributed by atoms with E-state index in [2.05, 4.69) is 10.6 Å². The van der Waals surface area contributed by atoms with Gasteiger partial charge in [-0.25, -0.2) is 0 Å². The molecule has 28 heavy (non-hydrogen) atoms. The van der Waals surface area contributed by atoms with Crippen molar-refractivity contribution in [2.24, 2.45) is 5.92 Å². The number of carbonyl (C=O) groups is 3. The zero-order valence-electron chi connectivity index (χ0n) is 16.6. The molecule has 0 fully saturated rings. The van der Waals surface area contributed by atoms with Crippen molar-refractivity contribution in [2.75, 3.05) is 10.6 Å². The van der Waals surface area contributed by atoms with E-state index in [1.54, 1.807) is 55.5 Å². The number of Topliss-reactive ketones (excluding diaryl/α,β-unsaturated/α-hetero) is 1. The number of carbonyl (C=O) groups excluding carboxylic acids is 3. The molecule has 0 heterocycles. The molecule has 0 saturated carbocycles. The Labute approximate surface area is 165 Å². The number of amides is 2. The first-order valence-corrected chi connectivity index (χ1v) is 9.23. The maximum Gasteiger partial charge on any atom is 0.265 e. The average Bonchev–Trinajstić information content (AvgIpc) is 2.62. The number of hydrogen-bond acceptors (Lipinski definition) is 4. The van der Waals surface area contributed by atoms with Gasteiger partial charge in [0.05, 0.1) is 0 Å². The van der Waals surface area contributed by atoms with E-state index in [1.807, 2.05) is 13.8 Å². The zero-order valence-corrected chi connectivity index (χ0v) is 16.6.